The second-order valence-corrected chi connectivity index (χ2v) is 5.36. The molecule has 3 rings (SSSR count). The van der Waals surface area contributed by atoms with Gasteiger partial charge in [0.25, 0.3) is 5.91 Å². The molecule has 1 unspecified atom stereocenters. The normalized spacial score (nSPS) is 23.0. The minimum atomic E-state index is -0.298. The molecule has 0 aliphatic carbocycles. The number of carbonyl (C=O) groups excluding carboxylic acids is 1. The van der Waals surface area contributed by atoms with Crippen molar-refractivity contribution in [1.29, 1.82) is 5.26 Å². The van der Waals surface area contributed by atoms with Gasteiger partial charge in [-0.1, -0.05) is 0 Å². The van der Waals surface area contributed by atoms with Crippen LogP contribution in [0.15, 0.2) is 24.3 Å². The Kier molecular flexibility index (Phi) is 4.18. The molecule has 5 heteroatoms. The van der Waals surface area contributed by atoms with Crippen LogP contribution in [0.3, 0.4) is 0 Å². The van der Waals surface area contributed by atoms with E-state index < -0.39 is 0 Å². The zero-order valence-electron chi connectivity index (χ0n) is 11.8. The molecule has 0 N–H and O–H groups in total. The van der Waals surface area contributed by atoms with E-state index in [0.29, 0.717) is 24.3 Å². The molecule has 110 valence electrons. The maximum atomic E-state index is 12.7. The van der Waals surface area contributed by atoms with Gasteiger partial charge in [0.15, 0.2) is 6.29 Å². The second-order valence-electron chi connectivity index (χ2n) is 5.36. The Bertz CT molecular complexity index is 544. The van der Waals surface area contributed by atoms with Crippen LogP contribution in [-0.2, 0) is 9.47 Å². The average Bonchev–Trinajstić information content (AvgIpc) is 3.08. The Hall–Kier alpha value is -1.90. The third-order valence-corrected chi connectivity index (χ3v) is 4.03. The van der Waals surface area contributed by atoms with Crippen molar-refractivity contribution >= 4 is 5.91 Å². The van der Waals surface area contributed by atoms with Gasteiger partial charge in [0, 0.05) is 12.1 Å². The van der Waals surface area contributed by atoms with E-state index in [2.05, 4.69) is 6.07 Å². The molecule has 1 aromatic rings. The van der Waals surface area contributed by atoms with Gasteiger partial charge in [0.1, 0.15) is 0 Å². The SMILES string of the molecule is N#Cc1ccc(C(=O)N2CCCCC2C2OCCO2)cc1. The van der Waals surface area contributed by atoms with Gasteiger partial charge in [-0.15, -0.1) is 0 Å². The second kappa shape index (κ2) is 6.25. The van der Waals surface area contributed by atoms with Gasteiger partial charge in [-0.2, -0.15) is 5.26 Å². The Labute approximate surface area is 124 Å². The maximum absolute atomic E-state index is 12.7. The van der Waals surface area contributed by atoms with Crippen molar-refractivity contribution in [3.63, 3.8) is 0 Å². The average molecular weight is 286 g/mol. The van der Waals surface area contributed by atoms with Crippen LogP contribution in [0.25, 0.3) is 0 Å². The monoisotopic (exact) mass is 286 g/mol. The standard InChI is InChI=1S/C16H18N2O3/c17-11-12-4-6-13(7-5-12)15(19)18-8-2-1-3-14(18)16-20-9-10-21-16/h4-7,14,16H,1-3,8-10H2. The number of ether oxygens (including phenoxy) is 2. The topological polar surface area (TPSA) is 62.6 Å². The van der Waals surface area contributed by atoms with Gasteiger partial charge in [0.05, 0.1) is 30.9 Å². The van der Waals surface area contributed by atoms with Crippen LogP contribution in [0.2, 0.25) is 0 Å². The molecule has 2 heterocycles. The van der Waals surface area contributed by atoms with Crippen molar-refractivity contribution in [2.75, 3.05) is 19.8 Å². The summed E-state index contributed by atoms with van der Waals surface area (Å²) in [6.45, 7) is 1.92. The lowest BCUT2D eigenvalue weighted by atomic mass is 10.00. The number of amides is 1. The van der Waals surface area contributed by atoms with E-state index in [1.807, 2.05) is 4.90 Å². The summed E-state index contributed by atoms with van der Waals surface area (Å²) in [5.74, 6) is -0.0108. The lowest BCUT2D eigenvalue weighted by Gasteiger charge is -2.38. The molecule has 1 amide bonds. The van der Waals surface area contributed by atoms with Crippen molar-refractivity contribution in [2.24, 2.45) is 0 Å². The van der Waals surface area contributed by atoms with Crippen LogP contribution < -0.4 is 0 Å². The first-order valence-electron chi connectivity index (χ1n) is 7.34. The molecule has 0 radical (unpaired) electrons. The largest absolute Gasteiger partial charge is 0.348 e. The number of nitriles is 1. The smallest absolute Gasteiger partial charge is 0.254 e. The predicted octanol–water partition coefficient (Wildman–Crippen LogP) is 1.93. The molecule has 5 nitrogen and oxygen atoms in total. The number of piperidine rings is 1. The maximum Gasteiger partial charge on any atom is 0.254 e. The summed E-state index contributed by atoms with van der Waals surface area (Å²) >= 11 is 0. The molecule has 2 fully saturated rings. The fourth-order valence-electron chi connectivity index (χ4n) is 2.94. The molecule has 0 bridgehead atoms. The first kappa shape index (κ1) is 14.1. The summed E-state index contributed by atoms with van der Waals surface area (Å²) in [4.78, 5) is 14.6. The highest BCUT2D eigenvalue weighted by Crippen LogP contribution is 2.26. The van der Waals surface area contributed by atoms with Gasteiger partial charge >= 0.3 is 0 Å². The fourth-order valence-corrected chi connectivity index (χ4v) is 2.94. The van der Waals surface area contributed by atoms with Crippen molar-refractivity contribution in [1.82, 2.24) is 4.90 Å². The van der Waals surface area contributed by atoms with Gasteiger partial charge in [-0.3, -0.25) is 4.79 Å². The quantitative estimate of drug-likeness (QED) is 0.833. The number of hydrogen-bond acceptors (Lipinski definition) is 4. The van der Waals surface area contributed by atoms with Gasteiger partial charge < -0.3 is 14.4 Å². The van der Waals surface area contributed by atoms with E-state index in [4.69, 9.17) is 14.7 Å². The highest BCUT2D eigenvalue weighted by Gasteiger charge is 2.36. The van der Waals surface area contributed by atoms with Gasteiger partial charge in [-0.05, 0) is 43.5 Å². The van der Waals surface area contributed by atoms with Crippen LogP contribution >= 0.6 is 0 Å². The third kappa shape index (κ3) is 2.92. The Morgan fingerprint density at radius 1 is 1.19 bits per heavy atom. The van der Waals surface area contributed by atoms with E-state index in [9.17, 15) is 4.79 Å². The third-order valence-electron chi connectivity index (χ3n) is 4.03. The molecular formula is C16H18N2O3. The van der Waals surface area contributed by atoms with Crippen LogP contribution in [-0.4, -0.2) is 42.9 Å². The van der Waals surface area contributed by atoms with E-state index in [0.717, 1.165) is 25.8 Å². The summed E-state index contributed by atoms with van der Waals surface area (Å²) in [6, 6.07) is 8.82. The molecule has 0 spiro atoms. The first-order chi connectivity index (χ1) is 10.3. The summed E-state index contributed by atoms with van der Waals surface area (Å²) in [5, 5.41) is 8.82. The number of benzene rings is 1. The molecular weight excluding hydrogens is 268 g/mol. The zero-order chi connectivity index (χ0) is 14.7. The molecule has 21 heavy (non-hydrogen) atoms. The van der Waals surface area contributed by atoms with Crippen LogP contribution in [0.1, 0.15) is 35.2 Å². The molecule has 0 aromatic heterocycles. The van der Waals surface area contributed by atoms with Crippen molar-refractivity contribution in [2.45, 2.75) is 31.6 Å². The van der Waals surface area contributed by atoms with Gasteiger partial charge in [-0.25, -0.2) is 0 Å². The number of likely N-dealkylation sites (tertiary alicyclic amines) is 1. The zero-order valence-corrected chi connectivity index (χ0v) is 11.8. The lowest BCUT2D eigenvalue weighted by molar-refractivity contribution is -0.100. The van der Waals surface area contributed by atoms with Crippen molar-refractivity contribution < 1.29 is 14.3 Å². The molecule has 1 atom stereocenters. The lowest BCUT2D eigenvalue weighted by Crippen LogP contribution is -2.50. The summed E-state index contributed by atoms with van der Waals surface area (Å²) < 4.78 is 11.2. The van der Waals surface area contributed by atoms with E-state index in [-0.39, 0.29) is 18.2 Å². The highest BCUT2D eigenvalue weighted by molar-refractivity contribution is 5.94. The molecule has 2 aliphatic heterocycles. The fraction of sp³-hybridized carbons (Fsp3) is 0.500. The summed E-state index contributed by atoms with van der Waals surface area (Å²) in [5.41, 5.74) is 1.17. The number of nitrogens with zero attached hydrogens (tertiary/aromatic N) is 2. The Morgan fingerprint density at radius 3 is 2.57 bits per heavy atom. The summed E-state index contributed by atoms with van der Waals surface area (Å²) in [7, 11) is 0. The van der Waals surface area contributed by atoms with E-state index >= 15 is 0 Å². The molecule has 0 saturated carbocycles. The van der Waals surface area contributed by atoms with Crippen LogP contribution in [0.4, 0.5) is 0 Å². The minimum Gasteiger partial charge on any atom is -0.348 e. The summed E-state index contributed by atoms with van der Waals surface area (Å²) in [6.07, 6.45) is 2.70. The van der Waals surface area contributed by atoms with E-state index in [1.165, 1.54) is 0 Å². The predicted molar refractivity (Wildman–Crippen MR) is 75.5 cm³/mol. The Morgan fingerprint density at radius 2 is 1.90 bits per heavy atom. The van der Waals surface area contributed by atoms with Crippen LogP contribution in [0, 0.1) is 11.3 Å². The first-order valence-corrected chi connectivity index (χ1v) is 7.34. The molecule has 1 aromatic carbocycles. The Balaban J connectivity index is 1.78. The number of rotatable bonds is 2. The molecule has 2 saturated heterocycles. The van der Waals surface area contributed by atoms with Crippen molar-refractivity contribution in [3.05, 3.63) is 35.4 Å². The number of carbonyl (C=O) groups is 1. The van der Waals surface area contributed by atoms with Crippen molar-refractivity contribution in [3.8, 4) is 6.07 Å². The minimum absolute atomic E-state index is 0.00982. The van der Waals surface area contributed by atoms with Gasteiger partial charge in [0.2, 0.25) is 0 Å². The van der Waals surface area contributed by atoms with Crippen LogP contribution in [0.5, 0.6) is 0 Å². The number of hydrogen-bond donors (Lipinski definition) is 0. The highest BCUT2D eigenvalue weighted by atomic mass is 16.7. The van der Waals surface area contributed by atoms with E-state index in [1.54, 1.807) is 24.3 Å². The molecule has 2 aliphatic rings.